The smallest absolute Gasteiger partial charge is 0.293 e. The number of pyridine rings is 1. The molecule has 0 spiro atoms. The maximum Gasteiger partial charge on any atom is 0.293 e. The van der Waals surface area contributed by atoms with E-state index >= 15 is 0 Å². The number of rotatable bonds is 12. The summed E-state index contributed by atoms with van der Waals surface area (Å²) in [7, 11) is 1.51. The van der Waals surface area contributed by atoms with Crippen LogP contribution in [-0.4, -0.2) is 118 Å². The number of anilines is 3. The normalized spacial score (nSPS) is 23.3. The highest BCUT2D eigenvalue weighted by molar-refractivity contribution is 6.33. The van der Waals surface area contributed by atoms with Crippen LogP contribution in [0.2, 0.25) is 10.0 Å². The van der Waals surface area contributed by atoms with E-state index in [0.717, 1.165) is 86.7 Å². The molecule has 16 nitrogen and oxygen atoms in total. The third-order valence-corrected chi connectivity index (χ3v) is 14.3. The second kappa shape index (κ2) is 18.5. The van der Waals surface area contributed by atoms with Gasteiger partial charge < -0.3 is 44.9 Å². The van der Waals surface area contributed by atoms with Crippen LogP contribution < -0.4 is 31.1 Å². The van der Waals surface area contributed by atoms with Crippen molar-refractivity contribution in [3.05, 3.63) is 79.7 Å². The number of likely N-dealkylation sites (tertiary alicyclic amines) is 1. The summed E-state index contributed by atoms with van der Waals surface area (Å²) in [6.07, 6.45) is 7.57. The summed E-state index contributed by atoms with van der Waals surface area (Å²) in [5.74, 6) is 0.796. The summed E-state index contributed by atoms with van der Waals surface area (Å²) in [6, 6.07) is 11.1. The number of nitrogens with one attached hydrogen (secondary N) is 3. The van der Waals surface area contributed by atoms with Gasteiger partial charge in [-0.05, 0) is 101 Å². The number of hydrogen-bond acceptors (Lipinski definition) is 12. The number of benzene rings is 2. The number of carbonyl (C=O) groups excluding carboxylic acids is 3. The van der Waals surface area contributed by atoms with E-state index in [0.29, 0.717) is 58.0 Å². The molecule has 2 unspecified atom stereocenters. The molecule has 4 aromatic rings. The van der Waals surface area contributed by atoms with Crippen molar-refractivity contribution < 1.29 is 29.0 Å². The lowest BCUT2D eigenvalue weighted by atomic mass is 9.79. The molecule has 1 saturated carbocycles. The van der Waals surface area contributed by atoms with Gasteiger partial charge in [-0.2, -0.15) is 4.98 Å². The molecular weight excluding hydrogens is 861 g/mol. The number of aromatic nitrogens is 3. The van der Waals surface area contributed by atoms with Gasteiger partial charge in [0, 0.05) is 85.5 Å². The average Bonchev–Trinajstić information content (AvgIpc) is 3.61. The minimum Gasteiger partial charge on any atom is -0.478 e. The van der Waals surface area contributed by atoms with E-state index < -0.39 is 12.3 Å². The Balaban J connectivity index is 0.746. The highest BCUT2D eigenvalue weighted by Crippen LogP contribution is 2.43. The third kappa shape index (κ3) is 8.86. The highest BCUT2D eigenvalue weighted by atomic mass is 35.5. The molecule has 4 fully saturated rings. The van der Waals surface area contributed by atoms with Crippen molar-refractivity contribution in [2.75, 3.05) is 50.1 Å². The molecule has 0 bridgehead atoms. The fourth-order valence-corrected chi connectivity index (χ4v) is 10.6. The molecule has 2 atom stereocenters. The van der Waals surface area contributed by atoms with Crippen molar-refractivity contribution >= 4 is 69.3 Å². The van der Waals surface area contributed by atoms with Crippen molar-refractivity contribution in [1.82, 2.24) is 35.0 Å². The molecule has 340 valence electrons. The van der Waals surface area contributed by atoms with E-state index in [2.05, 4.69) is 30.7 Å². The summed E-state index contributed by atoms with van der Waals surface area (Å²) in [4.78, 5) is 65.9. The van der Waals surface area contributed by atoms with Crippen LogP contribution in [0.1, 0.15) is 98.7 Å². The first-order chi connectivity index (χ1) is 30.8. The van der Waals surface area contributed by atoms with Crippen LogP contribution in [0.3, 0.4) is 0 Å². The van der Waals surface area contributed by atoms with Crippen LogP contribution in [0.15, 0.2) is 47.4 Å². The van der Waals surface area contributed by atoms with Crippen LogP contribution in [0, 0.1) is 0 Å². The van der Waals surface area contributed by atoms with E-state index in [-0.39, 0.29) is 60.3 Å². The molecule has 64 heavy (non-hydrogen) atoms. The van der Waals surface area contributed by atoms with Gasteiger partial charge in [0.2, 0.25) is 11.9 Å². The van der Waals surface area contributed by atoms with Gasteiger partial charge in [-0.15, -0.1) is 0 Å². The van der Waals surface area contributed by atoms with Gasteiger partial charge >= 0.3 is 0 Å². The maximum atomic E-state index is 13.3. The predicted octanol–water partition coefficient (Wildman–Crippen LogP) is 5.50. The Morgan fingerprint density at radius 3 is 2.47 bits per heavy atom. The third-order valence-electron chi connectivity index (χ3n) is 13.6. The molecule has 1 aliphatic carbocycles. The summed E-state index contributed by atoms with van der Waals surface area (Å²) < 4.78 is 13.9. The van der Waals surface area contributed by atoms with E-state index in [1.165, 1.54) is 7.05 Å². The standard InChI is InChI=1S/C46H55Cl2N9O7/c1-25(2)57-36-11-6-28(18-27(36)19-38(45(57)62)63-24-40(59)49-3)51-42-35(47)20-50-46(53-42)54-16-14-30(15-17-54)64-31-21-55(22-31)29-7-4-26(5-8-29)32-9-10-33-34(41(32)48)23-56(44(33)61)37-12-13-39(58)52-43(37)60/h6,9-11,18-20,25-26,29-31,37,43,60H,4-5,7-8,12-17,21-24H2,1-3H3,(H,49,59)(H,52,58)(H,50,51,53). The minimum absolute atomic E-state index is 0.0932. The van der Waals surface area contributed by atoms with Crippen molar-refractivity contribution in [3.8, 4) is 5.75 Å². The van der Waals surface area contributed by atoms with Crippen LogP contribution >= 0.6 is 23.2 Å². The number of likely N-dealkylation sites (N-methyl/N-ethyl adjacent to an activating group) is 1. The van der Waals surface area contributed by atoms with Crippen molar-refractivity contribution in [3.63, 3.8) is 0 Å². The molecule has 18 heteroatoms. The number of carbonyl (C=O) groups is 3. The van der Waals surface area contributed by atoms with Crippen molar-refractivity contribution in [1.29, 1.82) is 0 Å². The second-order valence-corrected chi connectivity index (χ2v) is 18.7. The van der Waals surface area contributed by atoms with E-state index in [9.17, 15) is 24.3 Å². The zero-order valence-electron chi connectivity index (χ0n) is 36.3. The zero-order valence-corrected chi connectivity index (χ0v) is 37.8. The van der Waals surface area contributed by atoms with E-state index in [1.54, 1.807) is 21.7 Å². The predicted molar refractivity (Wildman–Crippen MR) is 244 cm³/mol. The van der Waals surface area contributed by atoms with E-state index in [4.69, 9.17) is 37.7 Å². The quantitative estimate of drug-likeness (QED) is 0.140. The fourth-order valence-electron chi connectivity index (χ4n) is 10.1. The zero-order chi connectivity index (χ0) is 44.8. The summed E-state index contributed by atoms with van der Waals surface area (Å²) in [6.45, 7) is 7.31. The fraction of sp³-hybridized carbons (Fsp3) is 0.522. The number of fused-ring (bicyclic) bond motifs is 2. The topological polar surface area (TPSA) is 183 Å². The average molecular weight is 917 g/mol. The molecular formula is C46H55Cl2N9O7. The molecule has 4 aliphatic heterocycles. The summed E-state index contributed by atoms with van der Waals surface area (Å²) in [5, 5.41) is 20.7. The van der Waals surface area contributed by atoms with Crippen LogP contribution in [0.25, 0.3) is 10.9 Å². The van der Waals surface area contributed by atoms with Crippen LogP contribution in [0.4, 0.5) is 17.5 Å². The van der Waals surface area contributed by atoms with Gasteiger partial charge in [0.05, 0.1) is 30.0 Å². The largest absolute Gasteiger partial charge is 0.478 e. The lowest BCUT2D eigenvalue weighted by Crippen LogP contribution is -2.58. The van der Waals surface area contributed by atoms with Gasteiger partial charge in [-0.25, -0.2) is 4.98 Å². The number of piperidine rings is 2. The molecule has 2 aromatic heterocycles. The number of ether oxygens (including phenoxy) is 2. The molecule has 4 N–H and O–H groups in total. The second-order valence-electron chi connectivity index (χ2n) is 18.0. The summed E-state index contributed by atoms with van der Waals surface area (Å²) >= 11 is 13.6. The lowest BCUT2D eigenvalue weighted by molar-refractivity contribution is -0.129. The molecule has 3 amide bonds. The Morgan fingerprint density at radius 2 is 1.75 bits per heavy atom. The number of halogens is 2. The minimum atomic E-state index is -1.08. The number of amides is 3. The van der Waals surface area contributed by atoms with E-state index in [1.807, 2.05) is 44.2 Å². The van der Waals surface area contributed by atoms with Gasteiger partial charge in [0.15, 0.2) is 18.2 Å². The molecule has 0 radical (unpaired) electrons. The SMILES string of the molecule is CNC(=O)COc1cc2cc(Nc3nc(N4CCC(OC5CN(C6CCC(c7ccc8c(c7Cl)CN(C7CCC(=O)NC7O)C8=O)CC6)C5)CC4)ncc3Cl)ccc2n(C(C)C)c1=O. The van der Waals surface area contributed by atoms with Crippen LogP contribution in [0.5, 0.6) is 5.75 Å². The van der Waals surface area contributed by atoms with Gasteiger partial charge in [0.25, 0.3) is 17.4 Å². The number of aliphatic hydroxyl groups excluding tert-OH is 1. The first kappa shape index (κ1) is 44.2. The monoisotopic (exact) mass is 915 g/mol. The Kier molecular flexibility index (Phi) is 12.8. The van der Waals surface area contributed by atoms with Gasteiger partial charge in [-0.3, -0.25) is 24.1 Å². The Bertz CT molecular complexity index is 2500. The van der Waals surface area contributed by atoms with Gasteiger partial charge in [0.1, 0.15) is 11.3 Å². The Hall–Kier alpha value is -5.00. The molecule has 9 rings (SSSR count). The number of nitrogens with zero attached hydrogens (tertiary/aromatic N) is 6. The Labute approximate surface area is 381 Å². The van der Waals surface area contributed by atoms with Crippen LogP contribution in [-0.2, 0) is 20.9 Å². The lowest BCUT2D eigenvalue weighted by Gasteiger charge is -2.47. The first-order valence-corrected chi connectivity index (χ1v) is 23.2. The highest BCUT2D eigenvalue weighted by Gasteiger charge is 2.42. The molecule has 6 heterocycles. The molecule has 3 saturated heterocycles. The number of aliphatic hydroxyl groups is 1. The molecule has 2 aromatic carbocycles. The summed E-state index contributed by atoms with van der Waals surface area (Å²) in [5.41, 5.74) is 3.67. The molecule has 5 aliphatic rings. The van der Waals surface area contributed by atoms with Gasteiger partial charge in [-0.1, -0.05) is 29.3 Å². The van der Waals surface area contributed by atoms with Crippen molar-refractivity contribution in [2.24, 2.45) is 0 Å². The number of hydrogen-bond donors (Lipinski definition) is 4. The maximum absolute atomic E-state index is 13.3. The Morgan fingerprint density at radius 1 is 0.984 bits per heavy atom. The first-order valence-electron chi connectivity index (χ1n) is 22.4. The van der Waals surface area contributed by atoms with Crippen molar-refractivity contribution in [2.45, 2.75) is 114 Å².